The lowest BCUT2D eigenvalue weighted by atomic mass is 10.0. The SMILES string of the molecule is CNC(=O)c1nc2c(cc1Cc1ccc(F)cc1)N[C@@H](C)CO2. The van der Waals surface area contributed by atoms with Gasteiger partial charge in [-0.2, -0.15) is 0 Å². The zero-order chi connectivity index (χ0) is 16.4. The van der Waals surface area contributed by atoms with Crippen molar-refractivity contribution in [1.82, 2.24) is 10.3 Å². The van der Waals surface area contributed by atoms with Crippen LogP contribution in [0.1, 0.15) is 28.5 Å². The first-order valence-electron chi connectivity index (χ1n) is 7.46. The summed E-state index contributed by atoms with van der Waals surface area (Å²) in [5.41, 5.74) is 2.77. The number of benzene rings is 1. The van der Waals surface area contributed by atoms with Gasteiger partial charge in [-0.25, -0.2) is 9.37 Å². The molecule has 2 heterocycles. The van der Waals surface area contributed by atoms with Gasteiger partial charge in [0.25, 0.3) is 5.91 Å². The number of carbonyl (C=O) groups excluding carboxylic acids is 1. The summed E-state index contributed by atoms with van der Waals surface area (Å²) in [5.74, 6) is -0.121. The summed E-state index contributed by atoms with van der Waals surface area (Å²) >= 11 is 0. The van der Waals surface area contributed by atoms with E-state index in [9.17, 15) is 9.18 Å². The zero-order valence-electron chi connectivity index (χ0n) is 13.0. The molecule has 3 rings (SSSR count). The van der Waals surface area contributed by atoms with E-state index in [0.29, 0.717) is 24.6 Å². The molecule has 0 unspecified atom stereocenters. The van der Waals surface area contributed by atoms with Crippen molar-refractivity contribution in [1.29, 1.82) is 0 Å². The van der Waals surface area contributed by atoms with E-state index in [1.807, 2.05) is 13.0 Å². The molecular formula is C17H18FN3O2. The predicted octanol–water partition coefficient (Wildman–Crippen LogP) is 2.36. The first kappa shape index (κ1) is 15.3. The molecule has 2 aromatic rings. The monoisotopic (exact) mass is 315 g/mol. The Bertz CT molecular complexity index is 731. The Balaban J connectivity index is 2.00. The molecule has 0 saturated carbocycles. The van der Waals surface area contributed by atoms with Crippen molar-refractivity contribution in [3.8, 4) is 5.88 Å². The Morgan fingerprint density at radius 2 is 2.17 bits per heavy atom. The van der Waals surface area contributed by atoms with E-state index in [0.717, 1.165) is 16.8 Å². The number of hydrogen-bond donors (Lipinski definition) is 2. The van der Waals surface area contributed by atoms with Crippen molar-refractivity contribution < 1.29 is 13.9 Å². The van der Waals surface area contributed by atoms with Crippen LogP contribution in [0.5, 0.6) is 5.88 Å². The maximum Gasteiger partial charge on any atom is 0.270 e. The van der Waals surface area contributed by atoms with Gasteiger partial charge < -0.3 is 15.4 Å². The number of ether oxygens (including phenoxy) is 1. The smallest absolute Gasteiger partial charge is 0.270 e. The van der Waals surface area contributed by atoms with E-state index in [-0.39, 0.29) is 17.8 Å². The molecule has 1 aliphatic rings. The van der Waals surface area contributed by atoms with Crippen LogP contribution in [-0.4, -0.2) is 30.6 Å². The highest BCUT2D eigenvalue weighted by Gasteiger charge is 2.22. The van der Waals surface area contributed by atoms with Crippen LogP contribution in [0, 0.1) is 5.82 Å². The third kappa shape index (κ3) is 3.26. The lowest BCUT2D eigenvalue weighted by molar-refractivity contribution is 0.0956. The lowest BCUT2D eigenvalue weighted by Gasteiger charge is -2.25. The zero-order valence-corrected chi connectivity index (χ0v) is 13.0. The molecule has 1 atom stereocenters. The Morgan fingerprint density at radius 3 is 2.87 bits per heavy atom. The first-order valence-corrected chi connectivity index (χ1v) is 7.46. The Labute approximate surface area is 133 Å². The van der Waals surface area contributed by atoms with Crippen LogP contribution in [0.25, 0.3) is 0 Å². The van der Waals surface area contributed by atoms with Gasteiger partial charge in [0.05, 0.1) is 11.7 Å². The van der Waals surface area contributed by atoms with Crippen LogP contribution in [0.3, 0.4) is 0 Å². The number of anilines is 1. The molecule has 120 valence electrons. The molecule has 1 aliphatic heterocycles. The lowest BCUT2D eigenvalue weighted by Crippen LogP contribution is -2.30. The molecule has 1 amide bonds. The number of halogens is 1. The third-order valence-electron chi connectivity index (χ3n) is 3.69. The highest BCUT2D eigenvalue weighted by molar-refractivity contribution is 5.94. The molecule has 23 heavy (non-hydrogen) atoms. The fourth-order valence-electron chi connectivity index (χ4n) is 2.53. The van der Waals surface area contributed by atoms with Gasteiger partial charge in [0.2, 0.25) is 5.88 Å². The molecule has 0 saturated heterocycles. The second kappa shape index (κ2) is 6.24. The Kier molecular flexibility index (Phi) is 4.14. The van der Waals surface area contributed by atoms with Crippen LogP contribution in [0.15, 0.2) is 30.3 Å². The molecule has 0 fully saturated rings. The molecule has 5 nitrogen and oxygen atoms in total. The number of amides is 1. The second-order valence-electron chi connectivity index (χ2n) is 5.59. The first-order chi connectivity index (χ1) is 11.1. The molecule has 1 aromatic heterocycles. The van der Waals surface area contributed by atoms with Gasteiger partial charge in [0.1, 0.15) is 18.1 Å². The van der Waals surface area contributed by atoms with Gasteiger partial charge in [0.15, 0.2) is 0 Å². The van der Waals surface area contributed by atoms with Crippen molar-refractivity contribution in [2.75, 3.05) is 19.0 Å². The average Bonchev–Trinajstić information content (AvgIpc) is 2.55. The maximum absolute atomic E-state index is 13.1. The number of nitrogens with one attached hydrogen (secondary N) is 2. The van der Waals surface area contributed by atoms with Gasteiger partial charge in [-0.15, -0.1) is 0 Å². The molecule has 2 N–H and O–H groups in total. The topological polar surface area (TPSA) is 63.2 Å². The summed E-state index contributed by atoms with van der Waals surface area (Å²) in [7, 11) is 1.56. The highest BCUT2D eigenvalue weighted by Crippen LogP contribution is 2.30. The van der Waals surface area contributed by atoms with Crippen molar-refractivity contribution in [3.05, 3.63) is 53.0 Å². The Morgan fingerprint density at radius 1 is 1.43 bits per heavy atom. The number of nitrogens with zero attached hydrogens (tertiary/aromatic N) is 1. The van der Waals surface area contributed by atoms with Crippen molar-refractivity contribution >= 4 is 11.6 Å². The van der Waals surface area contributed by atoms with Gasteiger partial charge in [-0.05, 0) is 42.7 Å². The standard InChI is InChI=1S/C17H18FN3O2/c1-10-9-23-17-14(20-10)8-12(15(21-17)16(22)19-2)7-11-3-5-13(18)6-4-11/h3-6,8,10,20H,7,9H2,1-2H3,(H,19,22)/t10-/m0/s1. The van der Waals surface area contributed by atoms with E-state index in [4.69, 9.17) is 4.74 Å². The fraction of sp³-hybridized carbons (Fsp3) is 0.294. The van der Waals surface area contributed by atoms with E-state index < -0.39 is 0 Å². The molecule has 0 radical (unpaired) electrons. The summed E-state index contributed by atoms with van der Waals surface area (Å²) < 4.78 is 18.6. The average molecular weight is 315 g/mol. The Hall–Kier alpha value is -2.63. The van der Waals surface area contributed by atoms with Crippen molar-refractivity contribution in [2.24, 2.45) is 0 Å². The van der Waals surface area contributed by atoms with Crippen molar-refractivity contribution in [3.63, 3.8) is 0 Å². The number of pyridine rings is 1. The van der Waals surface area contributed by atoms with E-state index in [1.165, 1.54) is 12.1 Å². The number of aromatic nitrogens is 1. The predicted molar refractivity (Wildman–Crippen MR) is 85.4 cm³/mol. The molecule has 0 bridgehead atoms. The molecular weight excluding hydrogens is 297 g/mol. The van der Waals surface area contributed by atoms with E-state index in [2.05, 4.69) is 15.6 Å². The van der Waals surface area contributed by atoms with Crippen LogP contribution < -0.4 is 15.4 Å². The minimum Gasteiger partial charge on any atom is -0.474 e. The summed E-state index contributed by atoms with van der Waals surface area (Å²) in [5, 5.41) is 5.89. The number of rotatable bonds is 3. The molecule has 0 spiro atoms. The highest BCUT2D eigenvalue weighted by atomic mass is 19.1. The molecule has 6 heteroatoms. The summed E-state index contributed by atoms with van der Waals surface area (Å²) in [6.07, 6.45) is 0.485. The largest absolute Gasteiger partial charge is 0.474 e. The maximum atomic E-state index is 13.1. The van der Waals surface area contributed by atoms with Crippen LogP contribution in [0.2, 0.25) is 0 Å². The fourth-order valence-corrected chi connectivity index (χ4v) is 2.53. The van der Waals surface area contributed by atoms with Gasteiger partial charge in [-0.1, -0.05) is 12.1 Å². The summed E-state index contributed by atoms with van der Waals surface area (Å²) in [6.45, 7) is 2.51. The quantitative estimate of drug-likeness (QED) is 0.913. The number of carbonyl (C=O) groups is 1. The van der Waals surface area contributed by atoms with E-state index in [1.54, 1.807) is 19.2 Å². The molecule has 0 aliphatic carbocycles. The number of fused-ring (bicyclic) bond motifs is 1. The van der Waals surface area contributed by atoms with E-state index >= 15 is 0 Å². The minimum atomic E-state index is -0.285. The minimum absolute atomic E-state index is 0.175. The summed E-state index contributed by atoms with van der Waals surface area (Å²) in [4.78, 5) is 16.5. The summed E-state index contributed by atoms with van der Waals surface area (Å²) in [6, 6.07) is 8.28. The molecule has 1 aromatic carbocycles. The van der Waals surface area contributed by atoms with Crippen molar-refractivity contribution in [2.45, 2.75) is 19.4 Å². The van der Waals surface area contributed by atoms with Gasteiger partial charge >= 0.3 is 0 Å². The van der Waals surface area contributed by atoms with Gasteiger partial charge in [0, 0.05) is 7.05 Å². The second-order valence-corrected chi connectivity index (χ2v) is 5.59. The van der Waals surface area contributed by atoms with Crippen LogP contribution >= 0.6 is 0 Å². The normalized spacial score (nSPS) is 16.0. The number of hydrogen-bond acceptors (Lipinski definition) is 4. The third-order valence-corrected chi connectivity index (χ3v) is 3.69. The van der Waals surface area contributed by atoms with Gasteiger partial charge in [-0.3, -0.25) is 4.79 Å². The van der Waals surface area contributed by atoms with Crippen LogP contribution in [-0.2, 0) is 6.42 Å². The van der Waals surface area contributed by atoms with Crippen LogP contribution in [0.4, 0.5) is 10.1 Å².